The Morgan fingerprint density at radius 3 is 1.36 bits per heavy atom. The van der Waals surface area contributed by atoms with Gasteiger partial charge in [-0.1, -0.05) is 24.3 Å². The lowest BCUT2D eigenvalue weighted by Gasteiger charge is -2.12. The number of nitrogens with zero attached hydrogens (tertiary/aromatic N) is 5. The van der Waals surface area contributed by atoms with Crippen LogP contribution in [0.5, 0.6) is 0 Å². The van der Waals surface area contributed by atoms with Crippen molar-refractivity contribution in [1.82, 2.24) is 9.97 Å². The van der Waals surface area contributed by atoms with Crippen LogP contribution in [0.1, 0.15) is 29.2 Å². The number of hydrogen-bond donors (Lipinski definition) is 1. The van der Waals surface area contributed by atoms with E-state index in [1.165, 1.54) is 27.8 Å². The highest BCUT2D eigenvalue weighted by molar-refractivity contribution is 5.61. The first-order chi connectivity index (χ1) is 20.7. The molecular formula is C36H34N5O+3. The van der Waals surface area contributed by atoms with Crippen LogP contribution in [0, 0.1) is 0 Å². The van der Waals surface area contributed by atoms with Crippen LogP contribution in [0.15, 0.2) is 147 Å². The normalized spacial score (nSPS) is 11.7. The molecule has 0 radical (unpaired) electrons. The number of aromatic nitrogens is 5. The molecule has 6 nitrogen and oxygen atoms in total. The largest absolute Gasteiger partial charge is 0.396 e. The molecule has 6 heteroatoms. The summed E-state index contributed by atoms with van der Waals surface area (Å²) in [6.07, 6.45) is 20.6. The second kappa shape index (κ2) is 13.1. The summed E-state index contributed by atoms with van der Waals surface area (Å²) in [6.45, 7) is 1.78. The van der Waals surface area contributed by atoms with Crippen LogP contribution in [-0.2, 0) is 13.1 Å². The molecular weight excluding hydrogens is 518 g/mol. The van der Waals surface area contributed by atoms with Crippen molar-refractivity contribution < 1.29 is 18.8 Å². The van der Waals surface area contributed by atoms with Gasteiger partial charge in [0, 0.05) is 90.9 Å². The van der Waals surface area contributed by atoms with E-state index in [-0.39, 0.29) is 12.6 Å². The molecule has 0 spiro atoms. The van der Waals surface area contributed by atoms with Crippen LogP contribution in [0.2, 0.25) is 0 Å². The summed E-state index contributed by atoms with van der Waals surface area (Å²) in [5.74, 6) is 0. The predicted octanol–water partition coefficient (Wildman–Crippen LogP) is 4.74. The molecule has 1 unspecified atom stereocenters. The third-order valence-electron chi connectivity index (χ3n) is 7.59. The van der Waals surface area contributed by atoms with Crippen molar-refractivity contribution in [1.29, 1.82) is 0 Å². The van der Waals surface area contributed by atoms with Gasteiger partial charge in [-0.15, -0.1) is 0 Å². The monoisotopic (exact) mass is 552 g/mol. The van der Waals surface area contributed by atoms with Gasteiger partial charge in [0.25, 0.3) is 0 Å². The van der Waals surface area contributed by atoms with E-state index in [9.17, 15) is 5.11 Å². The van der Waals surface area contributed by atoms with Gasteiger partial charge in [-0.2, -0.15) is 4.57 Å². The molecule has 0 aliphatic heterocycles. The number of pyridine rings is 5. The molecule has 1 atom stereocenters. The minimum atomic E-state index is 0.0770. The average molecular weight is 553 g/mol. The van der Waals surface area contributed by atoms with Gasteiger partial charge in [-0.3, -0.25) is 9.97 Å². The van der Waals surface area contributed by atoms with E-state index in [0.717, 1.165) is 24.2 Å². The topological polar surface area (TPSA) is 57.7 Å². The maximum atomic E-state index is 9.60. The van der Waals surface area contributed by atoms with Crippen LogP contribution in [0.4, 0.5) is 0 Å². The first kappa shape index (κ1) is 27.1. The fourth-order valence-corrected chi connectivity index (χ4v) is 5.26. The Hall–Kier alpha value is -5.07. The molecule has 5 heterocycles. The molecule has 0 aliphatic carbocycles. The van der Waals surface area contributed by atoms with Crippen molar-refractivity contribution in [2.45, 2.75) is 25.6 Å². The molecule has 0 fully saturated rings. The summed E-state index contributed by atoms with van der Waals surface area (Å²) in [7, 11) is 0. The van der Waals surface area contributed by atoms with Gasteiger partial charge in [0.2, 0.25) is 0 Å². The Kier molecular flexibility index (Phi) is 8.43. The smallest absolute Gasteiger partial charge is 0.185 e. The van der Waals surface area contributed by atoms with Crippen LogP contribution in [0.3, 0.4) is 0 Å². The summed E-state index contributed by atoms with van der Waals surface area (Å²) < 4.78 is 6.55. The van der Waals surface area contributed by atoms with Crippen molar-refractivity contribution in [2.75, 3.05) is 6.61 Å². The molecule has 6 aromatic rings. The average Bonchev–Trinajstić information content (AvgIpc) is 3.06. The van der Waals surface area contributed by atoms with E-state index < -0.39 is 0 Å². The molecule has 6 rings (SSSR count). The molecule has 0 bridgehead atoms. The zero-order chi connectivity index (χ0) is 28.6. The highest BCUT2D eigenvalue weighted by Crippen LogP contribution is 2.19. The maximum absolute atomic E-state index is 9.60. The Morgan fingerprint density at radius 2 is 0.905 bits per heavy atom. The van der Waals surface area contributed by atoms with Gasteiger partial charge in [0.05, 0.1) is 0 Å². The Morgan fingerprint density at radius 1 is 0.500 bits per heavy atom. The molecule has 42 heavy (non-hydrogen) atoms. The standard InChI is InChI=1S/C36H34N5O/c42-26-15-36(35-7-18-38-19-8-35)41-24-13-34(14-25-41)33-11-22-40(23-12-33)28-30-3-1-29(2-4-30)27-39-20-9-32(10-21-39)31-5-16-37-17-6-31/h1-14,16-25,36,42H,15,26-28H2/q+3. The quantitative estimate of drug-likeness (QED) is 0.250. The van der Waals surface area contributed by atoms with Gasteiger partial charge < -0.3 is 5.11 Å². The van der Waals surface area contributed by atoms with E-state index >= 15 is 0 Å². The lowest BCUT2D eigenvalue weighted by atomic mass is 10.0. The van der Waals surface area contributed by atoms with Crippen LogP contribution < -0.4 is 13.7 Å². The molecule has 0 aliphatic rings. The lowest BCUT2D eigenvalue weighted by Crippen LogP contribution is -2.39. The molecule has 5 aromatic heterocycles. The molecule has 206 valence electrons. The van der Waals surface area contributed by atoms with Gasteiger partial charge >= 0.3 is 0 Å². The molecule has 0 amide bonds. The minimum absolute atomic E-state index is 0.0770. The SMILES string of the molecule is OCCC(c1ccncc1)[n+]1ccc(-c2cc[n+](Cc3ccc(C[n+]4ccc(-c5ccncc5)cc4)cc3)cc2)cc1. The fourth-order valence-electron chi connectivity index (χ4n) is 5.26. The summed E-state index contributed by atoms with van der Waals surface area (Å²) in [5.41, 5.74) is 8.37. The van der Waals surface area contributed by atoms with E-state index in [2.05, 4.69) is 122 Å². The van der Waals surface area contributed by atoms with Crippen LogP contribution >= 0.6 is 0 Å². The second-order valence-electron chi connectivity index (χ2n) is 10.4. The first-order valence-electron chi connectivity index (χ1n) is 14.2. The van der Waals surface area contributed by atoms with Crippen molar-refractivity contribution in [2.24, 2.45) is 0 Å². The van der Waals surface area contributed by atoms with Crippen molar-refractivity contribution in [3.05, 3.63) is 164 Å². The zero-order valence-corrected chi connectivity index (χ0v) is 23.4. The predicted molar refractivity (Wildman–Crippen MR) is 161 cm³/mol. The highest BCUT2D eigenvalue weighted by Gasteiger charge is 2.20. The zero-order valence-electron chi connectivity index (χ0n) is 23.4. The van der Waals surface area contributed by atoms with Gasteiger partial charge in [0.1, 0.15) is 0 Å². The number of rotatable bonds is 10. The van der Waals surface area contributed by atoms with Gasteiger partial charge in [0.15, 0.2) is 56.3 Å². The summed E-state index contributed by atoms with van der Waals surface area (Å²) in [6, 6.07) is 29.9. The van der Waals surface area contributed by atoms with Crippen molar-refractivity contribution in [3.8, 4) is 22.3 Å². The summed E-state index contributed by atoms with van der Waals surface area (Å²) in [5, 5.41) is 9.60. The molecule has 1 N–H and O–H groups in total. The number of aliphatic hydroxyl groups is 1. The molecule has 1 aromatic carbocycles. The van der Waals surface area contributed by atoms with Crippen LogP contribution in [0.25, 0.3) is 22.3 Å². The molecule has 0 saturated carbocycles. The minimum Gasteiger partial charge on any atom is -0.396 e. The maximum Gasteiger partial charge on any atom is 0.185 e. The van der Waals surface area contributed by atoms with E-state index in [1.54, 1.807) is 12.4 Å². The Labute approximate surface area is 246 Å². The summed E-state index contributed by atoms with van der Waals surface area (Å²) >= 11 is 0. The third kappa shape index (κ3) is 6.62. The lowest BCUT2D eigenvalue weighted by molar-refractivity contribution is -0.714. The second-order valence-corrected chi connectivity index (χ2v) is 10.4. The Balaban J connectivity index is 1.07. The first-order valence-corrected chi connectivity index (χ1v) is 14.2. The van der Waals surface area contributed by atoms with Gasteiger partial charge in [-0.25, -0.2) is 9.13 Å². The van der Waals surface area contributed by atoms with Crippen molar-refractivity contribution in [3.63, 3.8) is 0 Å². The van der Waals surface area contributed by atoms with Crippen LogP contribution in [-0.4, -0.2) is 21.7 Å². The summed E-state index contributed by atoms with van der Waals surface area (Å²) in [4.78, 5) is 8.22. The molecule has 0 saturated heterocycles. The van der Waals surface area contributed by atoms with Gasteiger partial charge in [-0.05, 0) is 46.5 Å². The fraction of sp³-hybridized carbons (Fsp3) is 0.139. The van der Waals surface area contributed by atoms with E-state index in [4.69, 9.17) is 0 Å². The highest BCUT2D eigenvalue weighted by atomic mass is 16.3. The van der Waals surface area contributed by atoms with Crippen molar-refractivity contribution >= 4 is 0 Å². The third-order valence-corrected chi connectivity index (χ3v) is 7.59. The van der Waals surface area contributed by atoms with E-state index in [1.807, 2.05) is 36.7 Å². The Bertz CT molecular complexity index is 1690. The van der Waals surface area contributed by atoms with E-state index in [0.29, 0.717) is 6.42 Å². The number of aliphatic hydroxyl groups excluding tert-OH is 1. The number of hydrogen-bond acceptors (Lipinski definition) is 3. The number of benzene rings is 1.